The van der Waals surface area contributed by atoms with E-state index in [9.17, 15) is 8.42 Å². The van der Waals surface area contributed by atoms with Crippen molar-refractivity contribution in [2.24, 2.45) is 0 Å². The number of benzene rings is 1. The zero-order chi connectivity index (χ0) is 10.3. The molecule has 0 spiro atoms. The predicted molar refractivity (Wildman–Crippen MR) is 56.8 cm³/mol. The SMILES string of the molecule is O=S(=O)(O)c1ccc2sc(=S)[nH]c2c1.[Na+]. The maximum absolute atomic E-state index is 10.8. The third-order valence-corrected chi connectivity index (χ3v) is 3.75. The Kier molecular flexibility index (Phi) is 4.10. The summed E-state index contributed by atoms with van der Waals surface area (Å²) >= 11 is 6.25. The molecule has 2 aromatic rings. The first-order valence-corrected chi connectivity index (χ1v) is 6.24. The average Bonchev–Trinajstić information content (AvgIpc) is 2.41. The van der Waals surface area contributed by atoms with Crippen molar-refractivity contribution in [2.45, 2.75) is 4.90 Å². The van der Waals surface area contributed by atoms with Crippen molar-refractivity contribution < 1.29 is 42.5 Å². The molecule has 0 unspecified atom stereocenters. The van der Waals surface area contributed by atoms with Gasteiger partial charge in [0, 0.05) is 0 Å². The first kappa shape index (κ1) is 13.3. The quantitative estimate of drug-likeness (QED) is 0.405. The van der Waals surface area contributed by atoms with Gasteiger partial charge in [-0.15, -0.1) is 11.3 Å². The minimum atomic E-state index is -4.13. The van der Waals surface area contributed by atoms with Gasteiger partial charge in [0.15, 0.2) is 3.95 Å². The number of H-pyrrole nitrogens is 1. The van der Waals surface area contributed by atoms with Gasteiger partial charge in [0.1, 0.15) is 0 Å². The molecule has 0 saturated heterocycles. The summed E-state index contributed by atoms with van der Waals surface area (Å²) in [6.07, 6.45) is 0. The normalized spacial score (nSPS) is 11.3. The predicted octanol–water partition coefficient (Wildman–Crippen LogP) is -0.790. The van der Waals surface area contributed by atoms with E-state index in [4.69, 9.17) is 16.8 Å². The number of aromatic nitrogens is 1. The summed E-state index contributed by atoms with van der Waals surface area (Å²) in [6, 6.07) is 4.31. The molecule has 0 aliphatic rings. The maximum Gasteiger partial charge on any atom is 1.00 e. The van der Waals surface area contributed by atoms with Crippen LogP contribution >= 0.6 is 23.6 Å². The summed E-state index contributed by atoms with van der Waals surface area (Å²) in [5.74, 6) is 0. The van der Waals surface area contributed by atoms with Gasteiger partial charge in [0.2, 0.25) is 0 Å². The monoisotopic (exact) mass is 270 g/mol. The summed E-state index contributed by atoms with van der Waals surface area (Å²) in [4.78, 5) is 2.70. The van der Waals surface area contributed by atoms with Crippen LogP contribution in [0.4, 0.5) is 0 Å². The van der Waals surface area contributed by atoms with Crippen LogP contribution < -0.4 is 29.6 Å². The molecule has 2 N–H and O–H groups in total. The molecular weight excluding hydrogens is 265 g/mol. The molecule has 0 fully saturated rings. The van der Waals surface area contributed by atoms with E-state index in [0.29, 0.717) is 9.47 Å². The third kappa shape index (κ3) is 2.88. The molecular formula is C7H5NNaO3S3+. The number of hydrogen-bond acceptors (Lipinski definition) is 4. The van der Waals surface area contributed by atoms with Gasteiger partial charge >= 0.3 is 29.6 Å². The second kappa shape index (κ2) is 4.62. The molecule has 1 heterocycles. The summed E-state index contributed by atoms with van der Waals surface area (Å²) in [5.41, 5.74) is 0.620. The maximum atomic E-state index is 10.8. The van der Waals surface area contributed by atoms with Gasteiger partial charge in [0.05, 0.1) is 15.1 Å². The Morgan fingerprint density at radius 3 is 2.67 bits per heavy atom. The molecule has 0 saturated carbocycles. The molecule has 74 valence electrons. The van der Waals surface area contributed by atoms with E-state index in [0.717, 1.165) is 4.70 Å². The standard InChI is InChI=1S/C7H5NO3S3.Na/c9-14(10,11)4-1-2-6-5(3-4)8-7(12)13-6;/h1-3H,(H,8,12)(H,9,10,11);/q;+1. The molecule has 8 heteroatoms. The topological polar surface area (TPSA) is 70.2 Å². The van der Waals surface area contributed by atoms with E-state index in [1.807, 2.05) is 0 Å². The molecule has 0 radical (unpaired) electrons. The molecule has 4 nitrogen and oxygen atoms in total. The molecule has 2 rings (SSSR count). The number of nitrogens with one attached hydrogen (secondary N) is 1. The van der Waals surface area contributed by atoms with Gasteiger partial charge in [-0.3, -0.25) is 4.55 Å². The zero-order valence-corrected chi connectivity index (χ0v) is 12.2. The van der Waals surface area contributed by atoms with Crippen molar-refractivity contribution in [3.8, 4) is 0 Å². The number of thiazole rings is 1. The van der Waals surface area contributed by atoms with Gasteiger partial charge in [-0.1, -0.05) is 0 Å². The Labute approximate surface area is 117 Å². The number of hydrogen-bond donors (Lipinski definition) is 2. The van der Waals surface area contributed by atoms with Crippen LogP contribution in [-0.4, -0.2) is 18.0 Å². The van der Waals surface area contributed by atoms with E-state index < -0.39 is 10.1 Å². The summed E-state index contributed by atoms with van der Waals surface area (Å²) in [5, 5.41) is 0. The number of fused-ring (bicyclic) bond motifs is 1. The van der Waals surface area contributed by atoms with Crippen molar-refractivity contribution in [3.63, 3.8) is 0 Å². The van der Waals surface area contributed by atoms with E-state index in [1.54, 1.807) is 6.07 Å². The van der Waals surface area contributed by atoms with Crippen LogP contribution in [0.2, 0.25) is 0 Å². The number of aromatic amines is 1. The Bertz CT molecular complexity index is 643. The smallest absolute Gasteiger partial charge is 0.337 e. The van der Waals surface area contributed by atoms with Gasteiger partial charge in [-0.05, 0) is 30.4 Å². The van der Waals surface area contributed by atoms with Crippen LogP contribution in [0.5, 0.6) is 0 Å². The minimum Gasteiger partial charge on any atom is -0.337 e. The summed E-state index contributed by atoms with van der Waals surface area (Å²) in [6.45, 7) is 0. The fourth-order valence-corrected chi connectivity index (χ4v) is 2.69. The van der Waals surface area contributed by atoms with Crippen molar-refractivity contribution >= 4 is 43.9 Å². The van der Waals surface area contributed by atoms with E-state index >= 15 is 0 Å². The largest absolute Gasteiger partial charge is 1.00 e. The fraction of sp³-hybridized carbons (Fsp3) is 0. The van der Waals surface area contributed by atoms with Crippen LogP contribution in [-0.2, 0) is 10.1 Å². The first-order valence-electron chi connectivity index (χ1n) is 3.57. The van der Waals surface area contributed by atoms with E-state index in [1.165, 1.54) is 23.5 Å². The molecule has 0 amide bonds. The van der Waals surface area contributed by atoms with E-state index in [-0.39, 0.29) is 34.5 Å². The van der Waals surface area contributed by atoms with Gasteiger partial charge in [0.25, 0.3) is 10.1 Å². The second-order valence-electron chi connectivity index (χ2n) is 2.65. The number of rotatable bonds is 1. The molecule has 0 aliphatic carbocycles. The Hall–Kier alpha value is 0.240. The summed E-state index contributed by atoms with van der Waals surface area (Å²) in [7, 11) is -4.13. The van der Waals surface area contributed by atoms with Crippen molar-refractivity contribution in [1.82, 2.24) is 4.98 Å². The van der Waals surface area contributed by atoms with Crippen molar-refractivity contribution in [3.05, 3.63) is 22.2 Å². The summed E-state index contributed by atoms with van der Waals surface area (Å²) < 4.78 is 31.8. The van der Waals surface area contributed by atoms with Crippen molar-refractivity contribution in [1.29, 1.82) is 0 Å². The minimum absolute atomic E-state index is 0. The van der Waals surface area contributed by atoms with E-state index in [2.05, 4.69) is 4.98 Å². The Morgan fingerprint density at radius 1 is 1.40 bits per heavy atom. The van der Waals surface area contributed by atoms with Crippen LogP contribution in [0.3, 0.4) is 0 Å². The molecule has 1 aromatic heterocycles. The molecule has 0 aliphatic heterocycles. The zero-order valence-electron chi connectivity index (χ0n) is 7.72. The Balaban J connectivity index is 0.00000112. The molecule has 15 heavy (non-hydrogen) atoms. The van der Waals surface area contributed by atoms with Gasteiger partial charge in [-0.25, -0.2) is 0 Å². The third-order valence-electron chi connectivity index (χ3n) is 1.69. The second-order valence-corrected chi connectivity index (χ2v) is 5.79. The molecule has 1 aromatic carbocycles. The van der Waals surface area contributed by atoms with Crippen LogP contribution in [0.25, 0.3) is 10.2 Å². The van der Waals surface area contributed by atoms with Crippen LogP contribution in [0.1, 0.15) is 0 Å². The molecule has 0 bridgehead atoms. The van der Waals surface area contributed by atoms with Gasteiger partial charge < -0.3 is 4.98 Å². The van der Waals surface area contributed by atoms with Crippen molar-refractivity contribution in [2.75, 3.05) is 0 Å². The Morgan fingerprint density at radius 2 is 2.07 bits per heavy atom. The van der Waals surface area contributed by atoms with Crippen LogP contribution in [0.15, 0.2) is 23.1 Å². The first-order chi connectivity index (χ1) is 6.47. The average molecular weight is 270 g/mol. The fourth-order valence-electron chi connectivity index (χ4n) is 1.09. The van der Waals surface area contributed by atoms with Crippen LogP contribution in [0, 0.1) is 3.95 Å². The van der Waals surface area contributed by atoms with Gasteiger partial charge in [-0.2, -0.15) is 8.42 Å². The molecule has 0 atom stereocenters.